The summed E-state index contributed by atoms with van der Waals surface area (Å²) < 4.78 is 5.22. The van der Waals surface area contributed by atoms with Gasteiger partial charge in [-0.25, -0.2) is 4.79 Å². The summed E-state index contributed by atoms with van der Waals surface area (Å²) >= 11 is 0. The Morgan fingerprint density at radius 2 is 1.79 bits per heavy atom. The van der Waals surface area contributed by atoms with E-state index in [1.165, 1.54) is 12.4 Å². The number of carbonyl (C=O) groups excluding carboxylic acids is 2. The largest absolute Gasteiger partial charge is 0.449 e. The predicted octanol–water partition coefficient (Wildman–Crippen LogP) is 3.78. The number of amides is 1. The van der Waals surface area contributed by atoms with Crippen LogP contribution in [-0.4, -0.2) is 23.0 Å². The second kappa shape index (κ2) is 8.24. The van der Waals surface area contributed by atoms with E-state index in [1.807, 2.05) is 24.3 Å². The molecule has 0 spiro atoms. The summed E-state index contributed by atoms with van der Waals surface area (Å²) in [7, 11) is 0. The van der Waals surface area contributed by atoms with Crippen LogP contribution in [0.15, 0.2) is 48.8 Å². The molecule has 0 radical (unpaired) electrons. The van der Waals surface area contributed by atoms with Gasteiger partial charge in [-0.2, -0.15) is 0 Å². The van der Waals surface area contributed by atoms with Crippen molar-refractivity contribution in [1.29, 1.82) is 0 Å². The number of rotatable bonds is 6. The summed E-state index contributed by atoms with van der Waals surface area (Å²) in [5, 5.41) is 2.85. The molecule has 126 valence electrons. The summed E-state index contributed by atoms with van der Waals surface area (Å²) in [6.45, 7) is 5.76. The fourth-order valence-corrected chi connectivity index (χ4v) is 2.26. The standard InChI is InChI=1S/C19H22N2O3/c1-4-13(2)16-7-5-6-8-17(16)21-18(22)14(3)24-19(23)15-9-11-20-12-10-15/h5-14H,4H2,1-3H3,(H,21,22)/t13-,14+/m0/s1. The van der Waals surface area contributed by atoms with E-state index < -0.39 is 12.1 Å². The molecular weight excluding hydrogens is 304 g/mol. The van der Waals surface area contributed by atoms with Crippen molar-refractivity contribution in [3.8, 4) is 0 Å². The van der Waals surface area contributed by atoms with E-state index in [4.69, 9.17) is 4.74 Å². The normalized spacial score (nSPS) is 13.0. The zero-order valence-electron chi connectivity index (χ0n) is 14.2. The summed E-state index contributed by atoms with van der Waals surface area (Å²) in [6, 6.07) is 10.8. The maximum absolute atomic E-state index is 12.3. The first-order valence-corrected chi connectivity index (χ1v) is 8.03. The Labute approximate surface area is 142 Å². The summed E-state index contributed by atoms with van der Waals surface area (Å²) in [6.07, 6.45) is 3.09. The van der Waals surface area contributed by atoms with Crippen LogP contribution in [-0.2, 0) is 9.53 Å². The lowest BCUT2D eigenvalue weighted by Gasteiger charge is -2.18. The minimum absolute atomic E-state index is 0.330. The molecule has 24 heavy (non-hydrogen) atoms. The molecular formula is C19H22N2O3. The Morgan fingerprint density at radius 3 is 2.46 bits per heavy atom. The number of esters is 1. The number of nitrogens with zero attached hydrogens (tertiary/aromatic N) is 1. The van der Waals surface area contributed by atoms with Gasteiger partial charge >= 0.3 is 5.97 Å². The molecule has 0 aliphatic heterocycles. The Morgan fingerprint density at radius 1 is 1.12 bits per heavy atom. The van der Waals surface area contributed by atoms with Crippen molar-refractivity contribution < 1.29 is 14.3 Å². The van der Waals surface area contributed by atoms with E-state index in [0.717, 1.165) is 17.7 Å². The average molecular weight is 326 g/mol. The van der Waals surface area contributed by atoms with E-state index in [9.17, 15) is 9.59 Å². The molecule has 1 amide bonds. The Balaban J connectivity index is 2.03. The third-order valence-corrected chi connectivity index (χ3v) is 3.93. The van der Waals surface area contributed by atoms with E-state index in [2.05, 4.69) is 24.1 Å². The molecule has 2 rings (SSSR count). The molecule has 0 aliphatic carbocycles. The van der Waals surface area contributed by atoms with Crippen LogP contribution in [0.25, 0.3) is 0 Å². The molecule has 1 aromatic heterocycles. The van der Waals surface area contributed by atoms with Crippen LogP contribution < -0.4 is 5.32 Å². The highest BCUT2D eigenvalue weighted by Crippen LogP contribution is 2.26. The highest BCUT2D eigenvalue weighted by molar-refractivity contribution is 5.97. The molecule has 0 bridgehead atoms. The molecule has 5 heteroatoms. The van der Waals surface area contributed by atoms with Gasteiger partial charge in [0.1, 0.15) is 0 Å². The minimum Gasteiger partial charge on any atom is -0.449 e. The van der Waals surface area contributed by atoms with E-state index in [0.29, 0.717) is 11.5 Å². The zero-order valence-corrected chi connectivity index (χ0v) is 14.2. The van der Waals surface area contributed by atoms with Gasteiger partial charge in [0.2, 0.25) is 0 Å². The van der Waals surface area contributed by atoms with Gasteiger partial charge in [0, 0.05) is 18.1 Å². The lowest BCUT2D eigenvalue weighted by Crippen LogP contribution is -2.30. The van der Waals surface area contributed by atoms with Crippen molar-refractivity contribution in [3.05, 3.63) is 59.9 Å². The SMILES string of the molecule is CC[C@H](C)c1ccccc1NC(=O)[C@@H](C)OC(=O)c1ccncc1. The first-order chi connectivity index (χ1) is 11.5. The van der Waals surface area contributed by atoms with Crippen LogP contribution in [0.1, 0.15) is 49.0 Å². The van der Waals surface area contributed by atoms with E-state index in [1.54, 1.807) is 19.1 Å². The van der Waals surface area contributed by atoms with Gasteiger partial charge in [-0.3, -0.25) is 9.78 Å². The van der Waals surface area contributed by atoms with Gasteiger partial charge in [0.05, 0.1) is 5.56 Å². The molecule has 0 aliphatic rings. The molecule has 0 saturated heterocycles. The maximum Gasteiger partial charge on any atom is 0.339 e. The van der Waals surface area contributed by atoms with Gasteiger partial charge < -0.3 is 10.1 Å². The lowest BCUT2D eigenvalue weighted by atomic mass is 9.97. The summed E-state index contributed by atoms with van der Waals surface area (Å²) in [4.78, 5) is 28.2. The Kier molecular flexibility index (Phi) is 6.07. The topological polar surface area (TPSA) is 68.3 Å². The molecule has 0 unspecified atom stereocenters. The highest BCUT2D eigenvalue weighted by Gasteiger charge is 2.20. The first-order valence-electron chi connectivity index (χ1n) is 8.03. The number of carbonyl (C=O) groups is 2. The molecule has 2 atom stereocenters. The third kappa shape index (κ3) is 4.41. The second-order valence-electron chi connectivity index (χ2n) is 5.67. The number of benzene rings is 1. The third-order valence-electron chi connectivity index (χ3n) is 3.93. The van der Waals surface area contributed by atoms with Crippen molar-refractivity contribution in [3.63, 3.8) is 0 Å². The molecule has 1 N–H and O–H groups in total. The summed E-state index contributed by atoms with van der Waals surface area (Å²) in [5.74, 6) is -0.570. The fourth-order valence-electron chi connectivity index (χ4n) is 2.26. The number of ether oxygens (including phenoxy) is 1. The highest BCUT2D eigenvalue weighted by atomic mass is 16.5. The lowest BCUT2D eigenvalue weighted by molar-refractivity contribution is -0.123. The van der Waals surface area contributed by atoms with Gasteiger partial charge in [0.15, 0.2) is 6.10 Å². The molecule has 2 aromatic rings. The number of para-hydroxylation sites is 1. The minimum atomic E-state index is -0.893. The van der Waals surface area contributed by atoms with Gasteiger partial charge in [-0.05, 0) is 43.0 Å². The smallest absolute Gasteiger partial charge is 0.339 e. The van der Waals surface area contributed by atoms with Gasteiger partial charge in [0.25, 0.3) is 5.91 Å². The van der Waals surface area contributed by atoms with Gasteiger partial charge in [-0.1, -0.05) is 32.0 Å². The van der Waals surface area contributed by atoms with Gasteiger partial charge in [-0.15, -0.1) is 0 Å². The van der Waals surface area contributed by atoms with Crippen molar-refractivity contribution in [2.45, 2.75) is 39.2 Å². The van der Waals surface area contributed by atoms with Crippen LogP contribution in [0.3, 0.4) is 0 Å². The van der Waals surface area contributed by atoms with Crippen molar-refractivity contribution in [2.75, 3.05) is 5.32 Å². The van der Waals surface area contributed by atoms with E-state index in [-0.39, 0.29) is 5.91 Å². The predicted molar refractivity (Wildman–Crippen MR) is 92.9 cm³/mol. The van der Waals surface area contributed by atoms with Crippen molar-refractivity contribution in [2.24, 2.45) is 0 Å². The fraction of sp³-hybridized carbons (Fsp3) is 0.316. The monoisotopic (exact) mass is 326 g/mol. The number of pyridine rings is 1. The van der Waals surface area contributed by atoms with Crippen LogP contribution in [0.4, 0.5) is 5.69 Å². The van der Waals surface area contributed by atoms with E-state index >= 15 is 0 Å². The zero-order chi connectivity index (χ0) is 17.5. The van der Waals surface area contributed by atoms with Crippen molar-refractivity contribution in [1.82, 2.24) is 4.98 Å². The second-order valence-corrected chi connectivity index (χ2v) is 5.67. The molecule has 1 aromatic carbocycles. The molecule has 5 nitrogen and oxygen atoms in total. The van der Waals surface area contributed by atoms with Crippen LogP contribution in [0.2, 0.25) is 0 Å². The molecule has 0 fully saturated rings. The number of hydrogen-bond acceptors (Lipinski definition) is 4. The number of anilines is 1. The quantitative estimate of drug-likeness (QED) is 0.820. The number of aromatic nitrogens is 1. The van der Waals surface area contributed by atoms with Crippen LogP contribution >= 0.6 is 0 Å². The first kappa shape index (κ1) is 17.7. The van der Waals surface area contributed by atoms with Crippen molar-refractivity contribution >= 4 is 17.6 Å². The number of nitrogens with one attached hydrogen (secondary N) is 1. The van der Waals surface area contributed by atoms with Crippen LogP contribution in [0.5, 0.6) is 0 Å². The number of hydrogen-bond donors (Lipinski definition) is 1. The Bertz CT molecular complexity index is 701. The molecule has 1 heterocycles. The van der Waals surface area contributed by atoms with Crippen LogP contribution in [0, 0.1) is 0 Å². The maximum atomic E-state index is 12.3. The summed E-state index contributed by atoms with van der Waals surface area (Å²) in [5.41, 5.74) is 2.19. The molecule has 0 saturated carbocycles. The average Bonchev–Trinajstić information content (AvgIpc) is 2.62. The Hall–Kier alpha value is -2.69.